The second-order valence-electron chi connectivity index (χ2n) is 4.55. The van der Waals surface area contributed by atoms with E-state index in [0.717, 1.165) is 19.0 Å². The minimum absolute atomic E-state index is 0.0615. The number of nitrogens with two attached hydrogens (primary N) is 1. The van der Waals surface area contributed by atoms with Crippen LogP contribution in [0.3, 0.4) is 0 Å². The highest BCUT2D eigenvalue weighted by molar-refractivity contribution is 7.88. The number of carbonyl (C=O) groups excluding carboxylic acids is 2. The summed E-state index contributed by atoms with van der Waals surface area (Å²) in [5, 5.41) is 3.23. The van der Waals surface area contributed by atoms with Gasteiger partial charge in [-0.1, -0.05) is 58.8 Å². The van der Waals surface area contributed by atoms with Crippen LogP contribution in [0.1, 0.15) is 45.4 Å². The van der Waals surface area contributed by atoms with Crippen molar-refractivity contribution in [2.75, 3.05) is 6.54 Å². The summed E-state index contributed by atoms with van der Waals surface area (Å²) in [6.07, 6.45) is 9.91. The summed E-state index contributed by atoms with van der Waals surface area (Å²) in [6.45, 7) is 12.3. The number of rotatable bonds is 10. The maximum Gasteiger partial charge on any atom is 0.287 e. The molecule has 0 spiro atoms. The molecule has 0 aliphatic heterocycles. The molecule has 4 N–H and O–H groups in total. The maximum atomic E-state index is 10.7. The van der Waals surface area contributed by atoms with Gasteiger partial charge < -0.3 is 11.1 Å². The fourth-order valence-electron chi connectivity index (χ4n) is 1.19. The molecule has 140 valence electrons. The Labute approximate surface area is 145 Å². The Morgan fingerprint density at radius 3 is 1.79 bits per heavy atom. The minimum Gasteiger partial charge on any atom is -0.366 e. The van der Waals surface area contributed by atoms with Crippen molar-refractivity contribution < 1.29 is 22.6 Å². The Balaban J connectivity index is -0.000000332. The molecule has 0 aliphatic rings. The van der Waals surface area contributed by atoms with Crippen LogP contribution in [0.15, 0.2) is 37.3 Å². The molecule has 0 unspecified atom stereocenters. The van der Waals surface area contributed by atoms with Crippen LogP contribution in [-0.2, 0) is 19.7 Å². The van der Waals surface area contributed by atoms with Crippen LogP contribution >= 0.6 is 0 Å². The number of amides is 2. The monoisotopic (exact) mass is 362 g/mol. The SMILES string of the molecule is C=CC(=O)NCCCCCCCC.C=CC(N)=O.C=CS(=O)(=O)O. The zero-order chi connectivity index (χ0) is 19.4. The van der Waals surface area contributed by atoms with E-state index in [-0.39, 0.29) is 5.91 Å². The summed E-state index contributed by atoms with van der Waals surface area (Å²) >= 11 is 0. The number of hydrogen-bond donors (Lipinski definition) is 3. The average Bonchev–Trinajstić information content (AvgIpc) is 2.54. The predicted molar refractivity (Wildman–Crippen MR) is 97.7 cm³/mol. The molecule has 0 fully saturated rings. The van der Waals surface area contributed by atoms with E-state index in [1.165, 1.54) is 38.2 Å². The Morgan fingerprint density at radius 2 is 1.46 bits per heavy atom. The van der Waals surface area contributed by atoms with E-state index >= 15 is 0 Å². The molecule has 0 aliphatic carbocycles. The normalized spacial score (nSPS) is 9.25. The fraction of sp³-hybridized carbons (Fsp3) is 0.500. The number of hydrogen-bond acceptors (Lipinski definition) is 4. The maximum absolute atomic E-state index is 10.7. The molecule has 0 radical (unpaired) electrons. The van der Waals surface area contributed by atoms with Gasteiger partial charge in [0.2, 0.25) is 11.8 Å². The van der Waals surface area contributed by atoms with Crippen molar-refractivity contribution >= 4 is 21.9 Å². The van der Waals surface area contributed by atoms with Gasteiger partial charge in [0.15, 0.2) is 0 Å². The van der Waals surface area contributed by atoms with E-state index in [1.807, 2.05) is 0 Å². The summed E-state index contributed by atoms with van der Waals surface area (Å²) in [5.74, 6) is -0.543. The number of primary amides is 1. The Hall–Kier alpha value is -1.93. The van der Waals surface area contributed by atoms with Crippen LogP contribution in [0.2, 0.25) is 0 Å². The molecule has 8 heteroatoms. The molecule has 2 amide bonds. The molecular weight excluding hydrogens is 332 g/mol. The number of nitrogens with one attached hydrogen (secondary N) is 1. The largest absolute Gasteiger partial charge is 0.366 e. The summed E-state index contributed by atoms with van der Waals surface area (Å²) in [5.41, 5.74) is 4.53. The van der Waals surface area contributed by atoms with Gasteiger partial charge in [0, 0.05) is 6.54 Å². The first-order valence-corrected chi connectivity index (χ1v) is 9.06. The second kappa shape index (κ2) is 19.1. The third-order valence-electron chi connectivity index (χ3n) is 2.43. The van der Waals surface area contributed by atoms with Crippen molar-refractivity contribution in [2.45, 2.75) is 45.4 Å². The zero-order valence-electron chi connectivity index (χ0n) is 14.4. The summed E-state index contributed by atoms with van der Waals surface area (Å²) < 4.78 is 26.6. The fourth-order valence-corrected chi connectivity index (χ4v) is 1.19. The Kier molecular flexibility index (Phi) is 21.5. The lowest BCUT2D eigenvalue weighted by Crippen LogP contribution is -2.21. The topological polar surface area (TPSA) is 127 Å². The first kappa shape index (κ1) is 26.9. The quantitative estimate of drug-likeness (QED) is 0.312. The van der Waals surface area contributed by atoms with Crippen LogP contribution in [0.5, 0.6) is 0 Å². The summed E-state index contributed by atoms with van der Waals surface area (Å²) in [7, 11) is -3.90. The van der Waals surface area contributed by atoms with Crippen molar-refractivity contribution in [1.82, 2.24) is 5.32 Å². The smallest absolute Gasteiger partial charge is 0.287 e. The van der Waals surface area contributed by atoms with Gasteiger partial charge >= 0.3 is 0 Å². The second-order valence-corrected chi connectivity index (χ2v) is 5.91. The average molecular weight is 362 g/mol. The van der Waals surface area contributed by atoms with Gasteiger partial charge in [-0.3, -0.25) is 14.1 Å². The van der Waals surface area contributed by atoms with Gasteiger partial charge in [-0.25, -0.2) is 0 Å². The van der Waals surface area contributed by atoms with E-state index in [9.17, 15) is 18.0 Å². The third kappa shape index (κ3) is 36.9. The van der Waals surface area contributed by atoms with E-state index in [1.54, 1.807) is 0 Å². The van der Waals surface area contributed by atoms with Crippen molar-refractivity contribution in [1.29, 1.82) is 0 Å². The minimum atomic E-state index is -3.90. The van der Waals surface area contributed by atoms with Crippen molar-refractivity contribution in [3.63, 3.8) is 0 Å². The molecule has 0 saturated carbocycles. The van der Waals surface area contributed by atoms with Gasteiger partial charge in [0.05, 0.1) is 5.41 Å². The lowest BCUT2D eigenvalue weighted by Gasteiger charge is -2.01. The van der Waals surface area contributed by atoms with Gasteiger partial charge in [-0.15, -0.1) is 0 Å². The Bertz CT molecular complexity index is 461. The van der Waals surface area contributed by atoms with Gasteiger partial charge in [0.25, 0.3) is 10.1 Å². The van der Waals surface area contributed by atoms with E-state index in [0.29, 0.717) is 5.41 Å². The molecule has 7 nitrogen and oxygen atoms in total. The molecule has 0 saturated heterocycles. The van der Waals surface area contributed by atoms with Crippen LogP contribution in [0, 0.1) is 0 Å². The third-order valence-corrected chi connectivity index (χ3v) is 2.85. The zero-order valence-corrected chi connectivity index (χ0v) is 15.2. The van der Waals surface area contributed by atoms with Crippen molar-refractivity contribution in [3.8, 4) is 0 Å². The molecule has 0 rings (SSSR count). The first-order chi connectivity index (χ1) is 11.1. The lowest BCUT2D eigenvalue weighted by molar-refractivity contribution is -0.116. The van der Waals surface area contributed by atoms with Gasteiger partial charge in [0.1, 0.15) is 0 Å². The molecule has 0 atom stereocenters. The molecule has 0 bridgehead atoms. The molecule has 0 aromatic rings. The highest BCUT2D eigenvalue weighted by Gasteiger charge is 1.92. The molecule has 24 heavy (non-hydrogen) atoms. The van der Waals surface area contributed by atoms with Gasteiger partial charge in [-0.05, 0) is 18.6 Å². The van der Waals surface area contributed by atoms with Crippen LogP contribution < -0.4 is 11.1 Å². The first-order valence-electron chi connectivity index (χ1n) is 7.56. The summed E-state index contributed by atoms with van der Waals surface area (Å²) in [6, 6.07) is 0. The molecule has 0 aromatic heterocycles. The van der Waals surface area contributed by atoms with Crippen LogP contribution in [0.25, 0.3) is 0 Å². The highest BCUT2D eigenvalue weighted by Crippen LogP contribution is 2.03. The number of carbonyl (C=O) groups is 2. The standard InChI is InChI=1S/C11H21NO.C3H5NO.C2H4O3S/c1-3-5-6-7-8-9-10-12-11(13)4-2;1-2-3(4)5;1-2-6(3,4)5/h4H,2-3,5-10H2,1H3,(H,12,13);2H,1H2,(H2,4,5);2H,1H2,(H,3,4,5). The van der Waals surface area contributed by atoms with E-state index < -0.39 is 16.0 Å². The highest BCUT2D eigenvalue weighted by atomic mass is 32.2. The molecule has 0 heterocycles. The van der Waals surface area contributed by atoms with E-state index in [4.69, 9.17) is 4.55 Å². The Morgan fingerprint density at radius 1 is 1.04 bits per heavy atom. The lowest BCUT2D eigenvalue weighted by atomic mass is 10.1. The molecular formula is C16H30N2O5S. The summed E-state index contributed by atoms with van der Waals surface area (Å²) in [4.78, 5) is 20.2. The van der Waals surface area contributed by atoms with Crippen LogP contribution in [-0.4, -0.2) is 31.3 Å². The number of unbranched alkanes of at least 4 members (excludes halogenated alkanes) is 5. The van der Waals surface area contributed by atoms with Gasteiger partial charge in [-0.2, -0.15) is 8.42 Å². The molecule has 0 aromatic carbocycles. The van der Waals surface area contributed by atoms with Crippen molar-refractivity contribution in [3.05, 3.63) is 37.3 Å². The van der Waals surface area contributed by atoms with E-state index in [2.05, 4.69) is 37.7 Å². The predicted octanol–water partition coefficient (Wildman–Crippen LogP) is 2.32. The van der Waals surface area contributed by atoms with Crippen LogP contribution in [0.4, 0.5) is 0 Å². The van der Waals surface area contributed by atoms with Crippen molar-refractivity contribution in [2.24, 2.45) is 5.73 Å².